The highest BCUT2D eigenvalue weighted by molar-refractivity contribution is 5.77. The van der Waals surface area contributed by atoms with Gasteiger partial charge < -0.3 is 0 Å². The van der Waals surface area contributed by atoms with Crippen LogP contribution in [-0.4, -0.2) is 9.97 Å². The third-order valence-corrected chi connectivity index (χ3v) is 6.23. The second kappa shape index (κ2) is 9.81. The van der Waals surface area contributed by atoms with Crippen LogP contribution in [0.4, 0.5) is 0 Å². The Kier molecular flexibility index (Phi) is 5.91. The fraction of sp³-hybridized carbons (Fsp3) is 0. The molecule has 0 aliphatic carbocycles. The van der Waals surface area contributed by atoms with Gasteiger partial charge in [0.25, 0.3) is 0 Å². The zero-order chi connectivity index (χ0) is 24.2. The second-order valence-corrected chi connectivity index (χ2v) is 8.64. The van der Waals surface area contributed by atoms with Gasteiger partial charge in [0.15, 0.2) is 5.82 Å². The monoisotopic (exact) mass is 459 g/mol. The minimum Gasteiger partial charge on any atom is -0.228 e. The SMILES string of the molecule is [c]1ccc(-c2nc(-c3cccc(-c4ccccc4)c3)cc(-c3cccc(-c4ccccc4)c3)n2)cc1. The van der Waals surface area contributed by atoms with Gasteiger partial charge in [0.1, 0.15) is 0 Å². The van der Waals surface area contributed by atoms with Crippen LogP contribution in [-0.2, 0) is 0 Å². The predicted molar refractivity (Wildman–Crippen MR) is 148 cm³/mol. The Balaban J connectivity index is 1.50. The van der Waals surface area contributed by atoms with E-state index in [1.165, 1.54) is 11.1 Å². The quantitative estimate of drug-likeness (QED) is 0.258. The Hall–Kier alpha value is -4.82. The molecule has 1 heterocycles. The molecule has 0 saturated carbocycles. The van der Waals surface area contributed by atoms with E-state index in [9.17, 15) is 0 Å². The van der Waals surface area contributed by atoms with Gasteiger partial charge in [-0.1, -0.05) is 121 Å². The average Bonchev–Trinajstić information content (AvgIpc) is 2.98. The molecule has 2 heteroatoms. The maximum Gasteiger partial charge on any atom is 0.160 e. The van der Waals surface area contributed by atoms with Crippen LogP contribution in [0.25, 0.3) is 56.2 Å². The van der Waals surface area contributed by atoms with Crippen molar-refractivity contribution < 1.29 is 0 Å². The first kappa shape index (κ1) is 21.7. The van der Waals surface area contributed by atoms with Crippen LogP contribution in [0.1, 0.15) is 0 Å². The van der Waals surface area contributed by atoms with Crippen molar-refractivity contribution in [1.29, 1.82) is 0 Å². The van der Waals surface area contributed by atoms with Crippen LogP contribution < -0.4 is 0 Å². The van der Waals surface area contributed by atoms with E-state index in [2.05, 4.69) is 109 Å². The summed E-state index contributed by atoms with van der Waals surface area (Å²) in [6.07, 6.45) is 0. The molecule has 36 heavy (non-hydrogen) atoms. The molecule has 6 aromatic rings. The summed E-state index contributed by atoms with van der Waals surface area (Å²) >= 11 is 0. The van der Waals surface area contributed by atoms with Crippen LogP contribution in [0.3, 0.4) is 0 Å². The normalized spacial score (nSPS) is 10.8. The molecule has 0 fully saturated rings. The van der Waals surface area contributed by atoms with Crippen LogP contribution in [0.15, 0.2) is 140 Å². The van der Waals surface area contributed by atoms with Gasteiger partial charge in [-0.3, -0.25) is 0 Å². The molecule has 0 bridgehead atoms. The summed E-state index contributed by atoms with van der Waals surface area (Å²) in [5.74, 6) is 0.701. The van der Waals surface area contributed by atoms with Crippen molar-refractivity contribution in [3.8, 4) is 56.2 Å². The molecule has 0 aliphatic heterocycles. The maximum atomic E-state index is 4.99. The Morgan fingerprint density at radius 2 is 0.806 bits per heavy atom. The maximum absolute atomic E-state index is 4.99. The van der Waals surface area contributed by atoms with Gasteiger partial charge in [0, 0.05) is 16.7 Å². The molecular weight excluding hydrogens is 436 g/mol. The van der Waals surface area contributed by atoms with E-state index in [1.54, 1.807) is 0 Å². The Bertz CT molecular complexity index is 1510. The molecule has 1 radical (unpaired) electrons. The lowest BCUT2D eigenvalue weighted by Crippen LogP contribution is -1.96. The zero-order valence-corrected chi connectivity index (χ0v) is 19.7. The van der Waals surface area contributed by atoms with Gasteiger partial charge in [0.05, 0.1) is 11.4 Å². The van der Waals surface area contributed by atoms with Gasteiger partial charge in [0.2, 0.25) is 0 Å². The topological polar surface area (TPSA) is 25.8 Å². The first-order chi connectivity index (χ1) is 17.8. The largest absolute Gasteiger partial charge is 0.228 e. The third kappa shape index (κ3) is 4.57. The Labute approximate surface area is 211 Å². The first-order valence-electron chi connectivity index (χ1n) is 12.0. The van der Waals surface area contributed by atoms with Crippen molar-refractivity contribution >= 4 is 0 Å². The fourth-order valence-corrected chi connectivity index (χ4v) is 4.39. The van der Waals surface area contributed by atoms with E-state index in [4.69, 9.17) is 9.97 Å². The lowest BCUT2D eigenvalue weighted by Gasteiger charge is -2.11. The Morgan fingerprint density at radius 3 is 1.31 bits per heavy atom. The molecule has 0 unspecified atom stereocenters. The van der Waals surface area contributed by atoms with E-state index in [1.807, 2.05) is 36.4 Å². The number of hydrogen-bond acceptors (Lipinski definition) is 2. The van der Waals surface area contributed by atoms with E-state index in [0.717, 1.165) is 39.2 Å². The van der Waals surface area contributed by atoms with E-state index < -0.39 is 0 Å². The minimum atomic E-state index is 0.701. The Morgan fingerprint density at radius 1 is 0.361 bits per heavy atom. The number of rotatable bonds is 5. The summed E-state index contributed by atoms with van der Waals surface area (Å²) in [7, 11) is 0. The highest BCUT2D eigenvalue weighted by atomic mass is 14.9. The summed E-state index contributed by atoms with van der Waals surface area (Å²) in [4.78, 5) is 9.98. The van der Waals surface area contributed by atoms with Crippen molar-refractivity contribution in [1.82, 2.24) is 9.97 Å². The predicted octanol–water partition coefficient (Wildman–Crippen LogP) is 8.61. The highest BCUT2D eigenvalue weighted by Crippen LogP contribution is 2.31. The van der Waals surface area contributed by atoms with Gasteiger partial charge in [-0.2, -0.15) is 0 Å². The standard InChI is InChI=1S/C34H23N2/c1-4-12-25(13-5-1)28-18-10-20-30(22-28)32-24-33(36-34(35-32)27-16-8-3-9-17-27)31-21-11-19-29(23-31)26-14-6-2-7-15-26/h1-2,4-24H. The average molecular weight is 460 g/mol. The molecular formula is C34H23N2. The summed E-state index contributed by atoms with van der Waals surface area (Å²) in [6, 6.07) is 50.9. The summed E-state index contributed by atoms with van der Waals surface area (Å²) in [5, 5.41) is 0. The van der Waals surface area contributed by atoms with Crippen LogP contribution in [0.2, 0.25) is 0 Å². The van der Waals surface area contributed by atoms with Crippen molar-refractivity contribution in [2.45, 2.75) is 0 Å². The first-order valence-corrected chi connectivity index (χ1v) is 12.0. The van der Waals surface area contributed by atoms with Gasteiger partial charge in [-0.05, 0) is 46.5 Å². The van der Waals surface area contributed by atoms with Crippen molar-refractivity contribution in [3.05, 3.63) is 146 Å². The van der Waals surface area contributed by atoms with Crippen LogP contribution >= 0.6 is 0 Å². The summed E-state index contributed by atoms with van der Waals surface area (Å²) in [5.41, 5.74) is 9.56. The van der Waals surface area contributed by atoms with E-state index in [0.29, 0.717) is 5.82 Å². The number of hydrogen-bond donors (Lipinski definition) is 0. The third-order valence-electron chi connectivity index (χ3n) is 6.23. The summed E-state index contributed by atoms with van der Waals surface area (Å²) in [6.45, 7) is 0. The van der Waals surface area contributed by atoms with Gasteiger partial charge >= 0.3 is 0 Å². The van der Waals surface area contributed by atoms with Crippen LogP contribution in [0.5, 0.6) is 0 Å². The molecule has 2 nitrogen and oxygen atoms in total. The number of aromatic nitrogens is 2. The molecule has 5 aromatic carbocycles. The molecule has 0 N–H and O–H groups in total. The molecule has 6 rings (SSSR count). The number of benzene rings is 5. The van der Waals surface area contributed by atoms with Crippen molar-refractivity contribution in [3.63, 3.8) is 0 Å². The lowest BCUT2D eigenvalue weighted by molar-refractivity contribution is 1.18. The smallest absolute Gasteiger partial charge is 0.160 e. The van der Waals surface area contributed by atoms with Crippen LogP contribution in [0, 0.1) is 6.07 Å². The molecule has 1 aromatic heterocycles. The summed E-state index contributed by atoms with van der Waals surface area (Å²) < 4.78 is 0. The molecule has 169 valence electrons. The molecule has 0 amide bonds. The van der Waals surface area contributed by atoms with Gasteiger partial charge in [-0.25, -0.2) is 9.97 Å². The number of nitrogens with zero attached hydrogens (tertiary/aromatic N) is 2. The van der Waals surface area contributed by atoms with Crippen molar-refractivity contribution in [2.75, 3.05) is 0 Å². The zero-order valence-electron chi connectivity index (χ0n) is 19.7. The molecule has 0 atom stereocenters. The molecule has 0 saturated heterocycles. The van der Waals surface area contributed by atoms with E-state index >= 15 is 0 Å². The fourth-order valence-electron chi connectivity index (χ4n) is 4.39. The molecule has 0 spiro atoms. The van der Waals surface area contributed by atoms with Gasteiger partial charge in [-0.15, -0.1) is 0 Å². The highest BCUT2D eigenvalue weighted by Gasteiger charge is 2.12. The molecule has 0 aliphatic rings. The lowest BCUT2D eigenvalue weighted by atomic mass is 9.99. The minimum absolute atomic E-state index is 0.701. The second-order valence-electron chi connectivity index (χ2n) is 8.64. The van der Waals surface area contributed by atoms with Crippen molar-refractivity contribution in [2.24, 2.45) is 0 Å². The van der Waals surface area contributed by atoms with E-state index in [-0.39, 0.29) is 0 Å².